The summed E-state index contributed by atoms with van der Waals surface area (Å²) in [6, 6.07) is 9.85. The van der Waals surface area contributed by atoms with E-state index in [1.807, 2.05) is 18.2 Å². The topological polar surface area (TPSA) is 74.3 Å². The number of halogens is 2. The van der Waals surface area contributed by atoms with Crippen molar-refractivity contribution in [1.29, 1.82) is 0 Å². The molecule has 1 aliphatic rings. The third-order valence-electron chi connectivity index (χ3n) is 4.48. The predicted octanol–water partition coefficient (Wildman–Crippen LogP) is 3.98. The number of fused-ring (bicyclic) bond motifs is 2. The lowest BCUT2D eigenvalue weighted by Crippen LogP contribution is -2.41. The molecule has 0 fully saturated rings. The molecule has 136 valence electrons. The Morgan fingerprint density at radius 2 is 2.11 bits per heavy atom. The summed E-state index contributed by atoms with van der Waals surface area (Å²) < 4.78 is 14.4. The number of para-hydroxylation sites is 1. The number of urea groups is 1. The van der Waals surface area contributed by atoms with E-state index in [2.05, 4.69) is 31.5 Å². The Labute approximate surface area is 162 Å². The van der Waals surface area contributed by atoms with Gasteiger partial charge in [0.1, 0.15) is 11.9 Å². The molecule has 3 aromatic rings. The van der Waals surface area contributed by atoms with Gasteiger partial charge >= 0.3 is 6.03 Å². The molecule has 27 heavy (non-hydrogen) atoms. The van der Waals surface area contributed by atoms with Crippen LogP contribution in [0.1, 0.15) is 11.6 Å². The van der Waals surface area contributed by atoms with Crippen LogP contribution >= 0.6 is 15.9 Å². The van der Waals surface area contributed by atoms with Gasteiger partial charge < -0.3 is 10.6 Å². The molecule has 1 aromatic heterocycles. The van der Waals surface area contributed by atoms with Gasteiger partial charge in [0, 0.05) is 34.4 Å². The summed E-state index contributed by atoms with van der Waals surface area (Å²) in [5.74, 6) is -0.873. The molecular weight excluding hydrogens is 415 g/mol. The van der Waals surface area contributed by atoms with Crippen molar-refractivity contribution in [2.24, 2.45) is 0 Å². The normalized spacial score (nSPS) is 15.4. The van der Waals surface area contributed by atoms with Gasteiger partial charge in [-0.15, -0.1) is 0 Å². The summed E-state index contributed by atoms with van der Waals surface area (Å²) >= 11 is 3.45. The van der Waals surface area contributed by atoms with Crippen LogP contribution in [-0.2, 0) is 4.79 Å². The van der Waals surface area contributed by atoms with Gasteiger partial charge in [-0.1, -0.05) is 12.1 Å². The number of nitrogens with one attached hydrogen (secondary N) is 2. The SMILES string of the molecule is CN(C(=O)NC1C(=O)Nc2ccc(F)cc21)c1ccnc2c(Br)cccc12. The summed E-state index contributed by atoms with van der Waals surface area (Å²) in [4.78, 5) is 30.7. The summed E-state index contributed by atoms with van der Waals surface area (Å²) in [6.07, 6.45) is 1.61. The minimum Gasteiger partial charge on any atom is -0.324 e. The van der Waals surface area contributed by atoms with Gasteiger partial charge in [0.25, 0.3) is 5.91 Å². The maximum atomic E-state index is 13.6. The van der Waals surface area contributed by atoms with E-state index in [1.165, 1.54) is 23.1 Å². The quantitative estimate of drug-likeness (QED) is 0.648. The summed E-state index contributed by atoms with van der Waals surface area (Å²) in [5.41, 5.74) is 2.26. The summed E-state index contributed by atoms with van der Waals surface area (Å²) in [6.45, 7) is 0. The third-order valence-corrected chi connectivity index (χ3v) is 5.12. The van der Waals surface area contributed by atoms with Crippen molar-refractivity contribution >= 4 is 50.1 Å². The molecule has 2 N–H and O–H groups in total. The van der Waals surface area contributed by atoms with E-state index in [4.69, 9.17) is 0 Å². The van der Waals surface area contributed by atoms with Gasteiger partial charge in [-0.3, -0.25) is 14.7 Å². The van der Waals surface area contributed by atoms with Gasteiger partial charge in [0.2, 0.25) is 0 Å². The maximum Gasteiger partial charge on any atom is 0.322 e. The molecule has 2 aromatic carbocycles. The van der Waals surface area contributed by atoms with E-state index in [9.17, 15) is 14.0 Å². The average Bonchev–Trinajstić information content (AvgIpc) is 2.96. The molecule has 0 radical (unpaired) electrons. The lowest BCUT2D eigenvalue weighted by Gasteiger charge is -2.22. The molecule has 1 aliphatic heterocycles. The number of pyridine rings is 1. The summed E-state index contributed by atoms with van der Waals surface area (Å²) in [5, 5.41) is 6.09. The molecule has 2 heterocycles. The van der Waals surface area contributed by atoms with E-state index in [-0.39, 0.29) is 0 Å². The number of hydrogen-bond donors (Lipinski definition) is 2. The van der Waals surface area contributed by atoms with Crippen LogP contribution in [-0.4, -0.2) is 24.0 Å². The fourth-order valence-corrected chi connectivity index (χ4v) is 3.59. The number of hydrogen-bond acceptors (Lipinski definition) is 3. The molecule has 0 spiro atoms. The first kappa shape index (κ1) is 17.4. The van der Waals surface area contributed by atoms with Crippen LogP contribution in [0.15, 0.2) is 53.1 Å². The van der Waals surface area contributed by atoms with Crippen molar-refractivity contribution in [2.75, 3.05) is 17.3 Å². The van der Waals surface area contributed by atoms with Crippen LogP contribution in [0, 0.1) is 5.82 Å². The zero-order chi connectivity index (χ0) is 19.1. The average molecular weight is 429 g/mol. The Balaban J connectivity index is 1.64. The number of benzene rings is 2. The zero-order valence-corrected chi connectivity index (χ0v) is 15.7. The van der Waals surface area contributed by atoms with E-state index < -0.39 is 23.8 Å². The molecule has 0 saturated heterocycles. The highest BCUT2D eigenvalue weighted by Gasteiger charge is 2.33. The first-order valence-electron chi connectivity index (χ1n) is 8.13. The Morgan fingerprint density at radius 1 is 1.30 bits per heavy atom. The molecule has 8 heteroatoms. The van der Waals surface area contributed by atoms with Crippen molar-refractivity contribution in [3.05, 3.63) is 64.5 Å². The molecule has 0 aliphatic carbocycles. The molecule has 0 saturated carbocycles. The molecule has 1 unspecified atom stereocenters. The Kier molecular flexibility index (Phi) is 4.27. The lowest BCUT2D eigenvalue weighted by molar-refractivity contribution is -0.117. The third kappa shape index (κ3) is 3.02. The first-order valence-corrected chi connectivity index (χ1v) is 8.93. The number of amides is 3. The predicted molar refractivity (Wildman–Crippen MR) is 104 cm³/mol. The van der Waals surface area contributed by atoms with E-state index in [0.29, 0.717) is 16.9 Å². The maximum absolute atomic E-state index is 13.6. The van der Waals surface area contributed by atoms with Crippen LogP contribution < -0.4 is 15.5 Å². The van der Waals surface area contributed by atoms with Crippen LogP contribution in [0.2, 0.25) is 0 Å². The van der Waals surface area contributed by atoms with E-state index in [0.717, 1.165) is 15.4 Å². The van der Waals surface area contributed by atoms with Crippen molar-refractivity contribution in [1.82, 2.24) is 10.3 Å². The van der Waals surface area contributed by atoms with Crippen molar-refractivity contribution in [3.8, 4) is 0 Å². The first-order chi connectivity index (χ1) is 13.0. The van der Waals surface area contributed by atoms with Gasteiger partial charge in [0.05, 0.1) is 11.2 Å². The molecule has 3 amide bonds. The zero-order valence-electron chi connectivity index (χ0n) is 14.2. The van der Waals surface area contributed by atoms with Gasteiger partial charge in [-0.05, 0) is 46.3 Å². The second-order valence-electron chi connectivity index (χ2n) is 6.13. The fraction of sp³-hybridized carbons (Fsp3) is 0.105. The number of carbonyl (C=O) groups is 2. The van der Waals surface area contributed by atoms with Gasteiger partial charge in [-0.2, -0.15) is 0 Å². The van der Waals surface area contributed by atoms with Crippen molar-refractivity contribution in [2.45, 2.75) is 6.04 Å². The van der Waals surface area contributed by atoms with Crippen LogP contribution in [0.4, 0.5) is 20.6 Å². The number of carbonyl (C=O) groups excluding carboxylic acids is 2. The molecule has 4 rings (SSSR count). The standard InChI is InChI=1S/C19H14BrFN4O2/c1-25(15-7-8-22-16-11(15)3-2-4-13(16)20)19(27)24-17-12-9-10(21)5-6-14(12)23-18(17)26/h2-9,17H,1H3,(H,23,26)(H,24,27). The summed E-state index contributed by atoms with van der Waals surface area (Å²) in [7, 11) is 1.60. The highest BCUT2D eigenvalue weighted by molar-refractivity contribution is 9.10. The molecule has 6 nitrogen and oxygen atoms in total. The van der Waals surface area contributed by atoms with E-state index >= 15 is 0 Å². The number of aromatic nitrogens is 1. The molecule has 1 atom stereocenters. The lowest BCUT2D eigenvalue weighted by atomic mass is 10.1. The fourth-order valence-electron chi connectivity index (χ4n) is 3.12. The Hall–Kier alpha value is -3.00. The number of rotatable bonds is 2. The van der Waals surface area contributed by atoms with Gasteiger partial charge in [-0.25, -0.2) is 9.18 Å². The second-order valence-corrected chi connectivity index (χ2v) is 6.98. The number of anilines is 2. The highest BCUT2D eigenvalue weighted by Crippen LogP contribution is 2.32. The molecular formula is C19H14BrFN4O2. The monoisotopic (exact) mass is 428 g/mol. The van der Waals surface area contributed by atoms with Crippen molar-refractivity contribution in [3.63, 3.8) is 0 Å². The van der Waals surface area contributed by atoms with Gasteiger partial charge in [0.15, 0.2) is 0 Å². The minimum absolute atomic E-state index is 0.403. The Bertz CT molecular complexity index is 1090. The van der Waals surface area contributed by atoms with Crippen LogP contribution in [0.25, 0.3) is 10.9 Å². The van der Waals surface area contributed by atoms with Crippen LogP contribution in [0.3, 0.4) is 0 Å². The number of nitrogens with zero attached hydrogens (tertiary/aromatic N) is 2. The van der Waals surface area contributed by atoms with E-state index in [1.54, 1.807) is 19.3 Å². The smallest absolute Gasteiger partial charge is 0.322 e. The second kappa shape index (κ2) is 6.62. The minimum atomic E-state index is -0.953. The largest absolute Gasteiger partial charge is 0.324 e. The molecule has 0 bridgehead atoms. The van der Waals surface area contributed by atoms with Crippen molar-refractivity contribution < 1.29 is 14.0 Å². The van der Waals surface area contributed by atoms with Crippen LogP contribution in [0.5, 0.6) is 0 Å². The highest BCUT2D eigenvalue weighted by atomic mass is 79.9. The Morgan fingerprint density at radius 3 is 2.93 bits per heavy atom.